The normalized spacial score (nSPS) is 23.9. The number of likely N-dealkylation sites (tertiary alicyclic amines) is 1. The number of nitrogens with one attached hydrogen (secondary N) is 3. The quantitative estimate of drug-likeness (QED) is 0.629. The van der Waals surface area contributed by atoms with Crippen LogP contribution in [-0.2, 0) is 0 Å². The Balaban J connectivity index is 1.21. The number of rotatable bonds is 3. The standard InChI is InChI=1S/C19H23N7OS/c1-10-22-17-15(3-4-20-17)18(23-10)24-14-5-12-8-26(9-13(12)6-14)19(27)25-16-7-21-11(2)28-16/h3-4,7,12-14H,5-6,8-9H2,1-2H3,(H,25,27)(H2,20,22,23,24)/t12-,13+,14?. The highest BCUT2D eigenvalue weighted by molar-refractivity contribution is 7.15. The van der Waals surface area contributed by atoms with E-state index in [1.807, 2.05) is 31.0 Å². The first-order valence-corrected chi connectivity index (χ1v) is 10.4. The number of thiazole rings is 1. The van der Waals surface area contributed by atoms with Crippen LogP contribution in [0.3, 0.4) is 0 Å². The number of aromatic amines is 1. The topological polar surface area (TPSA) is 98.8 Å². The van der Waals surface area contributed by atoms with E-state index >= 15 is 0 Å². The highest BCUT2D eigenvalue weighted by atomic mass is 32.1. The molecule has 3 aromatic rings. The molecule has 3 N–H and O–H groups in total. The van der Waals surface area contributed by atoms with Gasteiger partial charge in [-0.25, -0.2) is 19.7 Å². The number of fused-ring (bicyclic) bond motifs is 2. The van der Waals surface area contributed by atoms with E-state index in [2.05, 4.69) is 30.6 Å². The summed E-state index contributed by atoms with van der Waals surface area (Å²) in [4.78, 5) is 30.9. The van der Waals surface area contributed by atoms with Crippen LogP contribution in [0.5, 0.6) is 0 Å². The van der Waals surface area contributed by atoms with Crippen molar-refractivity contribution in [3.05, 3.63) is 29.3 Å². The summed E-state index contributed by atoms with van der Waals surface area (Å²) in [6.07, 6.45) is 5.74. The predicted molar refractivity (Wildman–Crippen MR) is 110 cm³/mol. The van der Waals surface area contributed by atoms with Gasteiger partial charge in [0.25, 0.3) is 0 Å². The van der Waals surface area contributed by atoms with Crippen molar-refractivity contribution in [1.29, 1.82) is 0 Å². The van der Waals surface area contributed by atoms with Gasteiger partial charge in [-0.05, 0) is 44.6 Å². The van der Waals surface area contributed by atoms with Gasteiger partial charge in [0.15, 0.2) is 0 Å². The molecule has 3 aromatic heterocycles. The van der Waals surface area contributed by atoms with Crippen molar-refractivity contribution in [2.75, 3.05) is 23.7 Å². The Bertz CT molecular complexity index is 1010. The first kappa shape index (κ1) is 17.4. The number of H-pyrrole nitrogens is 1. The van der Waals surface area contributed by atoms with E-state index < -0.39 is 0 Å². The van der Waals surface area contributed by atoms with Gasteiger partial charge in [-0.2, -0.15) is 0 Å². The molecule has 9 heteroatoms. The second kappa shape index (κ2) is 6.73. The molecule has 2 aliphatic rings. The molecule has 4 heterocycles. The first-order chi connectivity index (χ1) is 13.5. The summed E-state index contributed by atoms with van der Waals surface area (Å²) in [6.45, 7) is 5.48. The molecule has 2 fully saturated rings. The molecule has 0 bridgehead atoms. The predicted octanol–water partition coefficient (Wildman–Crippen LogP) is 3.39. The minimum atomic E-state index is -0.0111. The van der Waals surface area contributed by atoms with E-state index in [9.17, 15) is 4.79 Å². The van der Waals surface area contributed by atoms with Crippen molar-refractivity contribution in [3.63, 3.8) is 0 Å². The number of amides is 2. The molecule has 146 valence electrons. The monoisotopic (exact) mass is 397 g/mol. The van der Waals surface area contributed by atoms with E-state index in [1.165, 1.54) is 11.3 Å². The van der Waals surface area contributed by atoms with Crippen LogP contribution >= 0.6 is 11.3 Å². The molecule has 8 nitrogen and oxygen atoms in total. The highest BCUT2D eigenvalue weighted by Gasteiger charge is 2.42. The average molecular weight is 398 g/mol. The number of urea groups is 1. The molecule has 5 rings (SSSR count). The Morgan fingerprint density at radius 1 is 1.25 bits per heavy atom. The fourth-order valence-electron chi connectivity index (χ4n) is 4.54. The molecule has 3 atom stereocenters. The lowest BCUT2D eigenvalue weighted by Gasteiger charge is -2.20. The molecular weight excluding hydrogens is 374 g/mol. The molecule has 0 aromatic carbocycles. The Kier molecular flexibility index (Phi) is 4.19. The molecule has 1 saturated carbocycles. The SMILES string of the molecule is Cc1nc(NC2C[C@@H]3CN(C(=O)Nc4cnc(C)s4)C[C@@H]3C2)c2cc[nH]c2n1. The Labute approximate surface area is 166 Å². The van der Waals surface area contributed by atoms with Crippen LogP contribution < -0.4 is 10.6 Å². The molecule has 28 heavy (non-hydrogen) atoms. The minimum Gasteiger partial charge on any atom is -0.367 e. The van der Waals surface area contributed by atoms with Gasteiger partial charge in [-0.15, -0.1) is 11.3 Å². The maximum Gasteiger partial charge on any atom is 0.322 e. The van der Waals surface area contributed by atoms with Crippen molar-refractivity contribution in [1.82, 2.24) is 24.8 Å². The molecule has 1 unspecified atom stereocenters. The Morgan fingerprint density at radius 2 is 2.04 bits per heavy atom. The van der Waals surface area contributed by atoms with Crippen molar-refractivity contribution in [3.8, 4) is 0 Å². The van der Waals surface area contributed by atoms with E-state index in [-0.39, 0.29) is 6.03 Å². The zero-order valence-corrected chi connectivity index (χ0v) is 16.7. The van der Waals surface area contributed by atoms with Crippen molar-refractivity contribution < 1.29 is 4.79 Å². The van der Waals surface area contributed by atoms with Crippen LogP contribution in [0.15, 0.2) is 18.5 Å². The van der Waals surface area contributed by atoms with E-state index in [1.54, 1.807) is 6.20 Å². The van der Waals surface area contributed by atoms with Crippen molar-refractivity contribution in [2.24, 2.45) is 11.8 Å². The summed E-state index contributed by atoms with van der Waals surface area (Å²) in [5.41, 5.74) is 0.870. The summed E-state index contributed by atoms with van der Waals surface area (Å²) < 4.78 is 0. The molecular formula is C19H23N7OS. The number of aryl methyl sites for hydroxylation is 2. The summed E-state index contributed by atoms with van der Waals surface area (Å²) in [5.74, 6) is 2.74. The zero-order chi connectivity index (χ0) is 19.3. The van der Waals surface area contributed by atoms with Gasteiger partial charge < -0.3 is 15.2 Å². The molecule has 0 spiro atoms. The fourth-order valence-corrected chi connectivity index (χ4v) is 5.21. The number of carbonyl (C=O) groups is 1. The Morgan fingerprint density at radius 3 is 2.75 bits per heavy atom. The van der Waals surface area contributed by atoms with E-state index in [4.69, 9.17) is 0 Å². The number of aromatic nitrogens is 4. The van der Waals surface area contributed by atoms with E-state index in [0.29, 0.717) is 17.9 Å². The third-order valence-electron chi connectivity index (χ3n) is 5.76. The third kappa shape index (κ3) is 3.19. The Hall–Kier alpha value is -2.68. The van der Waals surface area contributed by atoms with Gasteiger partial charge in [-0.3, -0.25) is 5.32 Å². The maximum atomic E-state index is 12.5. The van der Waals surface area contributed by atoms with Crippen molar-refractivity contribution in [2.45, 2.75) is 32.7 Å². The lowest BCUT2D eigenvalue weighted by molar-refractivity contribution is 0.218. The molecule has 1 aliphatic carbocycles. The van der Waals surface area contributed by atoms with Gasteiger partial charge in [0, 0.05) is 25.3 Å². The lowest BCUT2D eigenvalue weighted by atomic mass is 10.0. The number of hydrogen-bond donors (Lipinski definition) is 3. The second-order valence-electron chi connectivity index (χ2n) is 7.77. The van der Waals surface area contributed by atoms with Crippen molar-refractivity contribution >= 4 is 39.2 Å². The van der Waals surface area contributed by atoms with Crippen LogP contribution in [-0.4, -0.2) is 50.0 Å². The number of hydrogen-bond acceptors (Lipinski definition) is 6. The van der Waals surface area contributed by atoms with Gasteiger partial charge in [0.05, 0.1) is 16.6 Å². The molecule has 1 aliphatic heterocycles. The fraction of sp³-hybridized carbons (Fsp3) is 0.474. The summed E-state index contributed by atoms with van der Waals surface area (Å²) in [7, 11) is 0. The van der Waals surface area contributed by atoms with Crippen LogP contribution in [0, 0.1) is 25.7 Å². The molecule has 2 amide bonds. The van der Waals surface area contributed by atoms with Crippen LogP contribution in [0.2, 0.25) is 0 Å². The van der Waals surface area contributed by atoms with Crippen LogP contribution in [0.4, 0.5) is 15.6 Å². The van der Waals surface area contributed by atoms with Crippen LogP contribution in [0.1, 0.15) is 23.7 Å². The summed E-state index contributed by atoms with van der Waals surface area (Å²) in [5, 5.41) is 9.41. The molecule has 1 saturated heterocycles. The minimum absolute atomic E-state index is 0.0111. The summed E-state index contributed by atoms with van der Waals surface area (Å²) >= 11 is 1.51. The van der Waals surface area contributed by atoms with Gasteiger partial charge in [0.2, 0.25) is 0 Å². The highest BCUT2D eigenvalue weighted by Crippen LogP contribution is 2.40. The smallest absolute Gasteiger partial charge is 0.322 e. The lowest BCUT2D eigenvalue weighted by Crippen LogP contribution is -2.34. The van der Waals surface area contributed by atoms with Crippen LogP contribution in [0.25, 0.3) is 11.0 Å². The van der Waals surface area contributed by atoms with Gasteiger partial charge in [-0.1, -0.05) is 0 Å². The first-order valence-electron chi connectivity index (χ1n) is 9.62. The number of anilines is 2. The summed E-state index contributed by atoms with van der Waals surface area (Å²) in [6, 6.07) is 2.39. The molecule has 0 radical (unpaired) electrons. The number of nitrogens with zero attached hydrogens (tertiary/aromatic N) is 4. The van der Waals surface area contributed by atoms with E-state index in [0.717, 1.165) is 58.6 Å². The third-order valence-corrected chi connectivity index (χ3v) is 6.59. The second-order valence-corrected chi connectivity index (χ2v) is 9.01. The van der Waals surface area contributed by atoms with Gasteiger partial charge in [0.1, 0.15) is 22.3 Å². The zero-order valence-electron chi connectivity index (χ0n) is 15.9. The van der Waals surface area contributed by atoms with Gasteiger partial charge >= 0.3 is 6.03 Å². The number of carbonyl (C=O) groups excluding carboxylic acids is 1. The largest absolute Gasteiger partial charge is 0.367 e. The average Bonchev–Trinajstić information content (AvgIpc) is 3.38. The maximum absolute atomic E-state index is 12.5.